The summed E-state index contributed by atoms with van der Waals surface area (Å²) in [4.78, 5) is 4.35. The van der Waals surface area contributed by atoms with Gasteiger partial charge in [0.15, 0.2) is 0 Å². The molecule has 0 spiro atoms. The summed E-state index contributed by atoms with van der Waals surface area (Å²) in [5.74, 6) is 0. The molecule has 0 unspecified atom stereocenters. The molecular weight excluding hydrogens is 136 g/mol. The largest absolute Gasteiger partial charge is 0.302 e. The average molecular weight is 148 g/mol. The summed E-state index contributed by atoms with van der Waals surface area (Å²) >= 11 is 0. The van der Waals surface area contributed by atoms with Crippen molar-refractivity contribution in [1.82, 2.24) is 10.3 Å². The molecule has 1 aliphatic rings. The van der Waals surface area contributed by atoms with Crippen LogP contribution >= 0.6 is 0 Å². The monoisotopic (exact) mass is 148 g/mol. The van der Waals surface area contributed by atoms with Crippen LogP contribution in [0.1, 0.15) is 25.1 Å². The van der Waals surface area contributed by atoms with E-state index in [-0.39, 0.29) is 5.54 Å². The highest BCUT2D eigenvalue weighted by Crippen LogP contribution is 2.27. The summed E-state index contributed by atoms with van der Waals surface area (Å²) in [5.41, 5.74) is 2.59. The summed E-state index contributed by atoms with van der Waals surface area (Å²) in [5, 5.41) is 3.40. The van der Waals surface area contributed by atoms with E-state index in [2.05, 4.69) is 30.2 Å². The van der Waals surface area contributed by atoms with Gasteiger partial charge in [-0.15, -0.1) is 0 Å². The predicted molar refractivity (Wildman–Crippen MR) is 44.1 cm³/mol. The summed E-state index contributed by atoms with van der Waals surface area (Å²) in [6.07, 6.45) is 1.85. The van der Waals surface area contributed by atoms with Crippen LogP contribution in [0.25, 0.3) is 0 Å². The molecule has 0 amide bonds. The Balaban J connectivity index is 2.56. The van der Waals surface area contributed by atoms with Crippen molar-refractivity contribution in [1.29, 1.82) is 0 Å². The molecule has 0 radical (unpaired) electrons. The number of nitrogens with one attached hydrogen (secondary N) is 1. The Labute approximate surface area is 66.7 Å². The molecule has 0 saturated heterocycles. The van der Waals surface area contributed by atoms with E-state index >= 15 is 0 Å². The van der Waals surface area contributed by atoms with Gasteiger partial charge < -0.3 is 5.32 Å². The number of hydrogen-bond donors (Lipinski definition) is 1. The molecule has 11 heavy (non-hydrogen) atoms. The van der Waals surface area contributed by atoms with Crippen LogP contribution in [0.4, 0.5) is 0 Å². The number of pyridine rings is 1. The van der Waals surface area contributed by atoms with Crippen molar-refractivity contribution in [3.05, 3.63) is 29.6 Å². The predicted octanol–water partition coefficient (Wildman–Crippen LogP) is 1.42. The molecule has 2 heteroatoms. The molecule has 0 fully saturated rings. The Kier molecular flexibility index (Phi) is 1.26. The van der Waals surface area contributed by atoms with Gasteiger partial charge in [0.1, 0.15) is 0 Å². The van der Waals surface area contributed by atoms with Gasteiger partial charge in [-0.05, 0) is 25.5 Å². The molecule has 0 bridgehead atoms. The maximum absolute atomic E-state index is 4.35. The second-order valence-corrected chi connectivity index (χ2v) is 3.49. The Morgan fingerprint density at radius 1 is 1.55 bits per heavy atom. The second-order valence-electron chi connectivity index (χ2n) is 3.49. The first kappa shape index (κ1) is 6.80. The van der Waals surface area contributed by atoms with Gasteiger partial charge in [-0.25, -0.2) is 0 Å². The van der Waals surface area contributed by atoms with Gasteiger partial charge in [-0.1, -0.05) is 6.07 Å². The third kappa shape index (κ3) is 0.942. The van der Waals surface area contributed by atoms with Crippen molar-refractivity contribution in [3.8, 4) is 0 Å². The Morgan fingerprint density at radius 2 is 2.36 bits per heavy atom. The number of rotatable bonds is 0. The highest BCUT2D eigenvalue weighted by Gasteiger charge is 2.29. The lowest BCUT2D eigenvalue weighted by Crippen LogP contribution is -2.29. The molecule has 2 heterocycles. The van der Waals surface area contributed by atoms with E-state index in [1.807, 2.05) is 12.3 Å². The van der Waals surface area contributed by atoms with Crippen LogP contribution in [0.15, 0.2) is 18.3 Å². The minimum atomic E-state index is 0.0661. The van der Waals surface area contributed by atoms with E-state index in [1.54, 1.807) is 0 Å². The zero-order valence-electron chi connectivity index (χ0n) is 6.89. The summed E-state index contributed by atoms with van der Waals surface area (Å²) in [7, 11) is 0. The van der Waals surface area contributed by atoms with E-state index < -0.39 is 0 Å². The van der Waals surface area contributed by atoms with Crippen LogP contribution in [0.2, 0.25) is 0 Å². The van der Waals surface area contributed by atoms with Gasteiger partial charge in [-0.2, -0.15) is 0 Å². The van der Waals surface area contributed by atoms with Crippen LogP contribution in [0, 0.1) is 0 Å². The summed E-state index contributed by atoms with van der Waals surface area (Å²) in [6.45, 7) is 5.27. The van der Waals surface area contributed by atoms with E-state index in [4.69, 9.17) is 0 Å². The molecule has 0 saturated carbocycles. The number of hydrogen-bond acceptors (Lipinski definition) is 2. The van der Waals surface area contributed by atoms with E-state index in [0.29, 0.717) is 0 Å². The molecule has 1 N–H and O–H groups in total. The fraction of sp³-hybridized carbons (Fsp3) is 0.444. The van der Waals surface area contributed by atoms with Crippen molar-refractivity contribution in [2.24, 2.45) is 0 Å². The number of fused-ring (bicyclic) bond motifs is 1. The molecule has 0 aliphatic carbocycles. The van der Waals surface area contributed by atoms with Crippen molar-refractivity contribution >= 4 is 0 Å². The quantitative estimate of drug-likeness (QED) is 0.602. The molecule has 0 atom stereocenters. The molecule has 58 valence electrons. The van der Waals surface area contributed by atoms with Crippen LogP contribution in [-0.4, -0.2) is 4.98 Å². The van der Waals surface area contributed by atoms with Crippen LogP contribution in [0.3, 0.4) is 0 Å². The lowest BCUT2D eigenvalue weighted by molar-refractivity contribution is 0.433. The van der Waals surface area contributed by atoms with Crippen LogP contribution in [-0.2, 0) is 12.1 Å². The number of aromatic nitrogens is 1. The Hall–Kier alpha value is -0.890. The van der Waals surface area contributed by atoms with E-state index in [9.17, 15) is 0 Å². The highest BCUT2D eigenvalue weighted by atomic mass is 15.0. The third-order valence-corrected chi connectivity index (χ3v) is 2.20. The number of nitrogens with zero attached hydrogens (tertiary/aromatic N) is 1. The van der Waals surface area contributed by atoms with Crippen molar-refractivity contribution < 1.29 is 0 Å². The topological polar surface area (TPSA) is 24.9 Å². The van der Waals surface area contributed by atoms with E-state index in [1.165, 1.54) is 11.3 Å². The van der Waals surface area contributed by atoms with Crippen molar-refractivity contribution in [2.75, 3.05) is 0 Å². The first-order valence-electron chi connectivity index (χ1n) is 3.89. The zero-order chi connectivity index (χ0) is 7.90. The molecule has 1 aromatic heterocycles. The standard InChI is InChI=1S/C9H12N2/c1-9(2)8-7(6-11-9)4-3-5-10-8/h3-5,11H,6H2,1-2H3. The van der Waals surface area contributed by atoms with Crippen LogP contribution in [0.5, 0.6) is 0 Å². The third-order valence-electron chi connectivity index (χ3n) is 2.20. The van der Waals surface area contributed by atoms with Gasteiger partial charge in [-0.3, -0.25) is 4.98 Å². The smallest absolute Gasteiger partial charge is 0.0643 e. The first-order valence-corrected chi connectivity index (χ1v) is 3.89. The van der Waals surface area contributed by atoms with Crippen LogP contribution < -0.4 is 5.32 Å². The van der Waals surface area contributed by atoms with Gasteiger partial charge in [0.25, 0.3) is 0 Å². The first-order chi connectivity index (χ1) is 5.20. The molecule has 2 nitrogen and oxygen atoms in total. The minimum absolute atomic E-state index is 0.0661. The lowest BCUT2D eigenvalue weighted by atomic mass is 10.0. The molecular formula is C9H12N2. The minimum Gasteiger partial charge on any atom is -0.302 e. The maximum Gasteiger partial charge on any atom is 0.0643 e. The summed E-state index contributed by atoms with van der Waals surface area (Å²) in [6, 6.07) is 4.12. The Morgan fingerprint density at radius 3 is 3.09 bits per heavy atom. The normalized spacial score (nSPS) is 19.8. The van der Waals surface area contributed by atoms with Crippen molar-refractivity contribution in [2.45, 2.75) is 25.9 Å². The molecule has 1 aliphatic heterocycles. The van der Waals surface area contributed by atoms with Crippen molar-refractivity contribution in [3.63, 3.8) is 0 Å². The van der Waals surface area contributed by atoms with Gasteiger partial charge in [0.2, 0.25) is 0 Å². The summed E-state index contributed by atoms with van der Waals surface area (Å²) < 4.78 is 0. The lowest BCUT2D eigenvalue weighted by Gasteiger charge is -2.17. The van der Waals surface area contributed by atoms with E-state index in [0.717, 1.165) is 6.54 Å². The molecule has 2 rings (SSSR count). The fourth-order valence-electron chi connectivity index (χ4n) is 1.54. The average Bonchev–Trinajstić information content (AvgIpc) is 2.29. The fourth-order valence-corrected chi connectivity index (χ4v) is 1.54. The maximum atomic E-state index is 4.35. The zero-order valence-corrected chi connectivity index (χ0v) is 6.89. The molecule has 1 aromatic rings. The second kappa shape index (κ2) is 2.05. The highest BCUT2D eigenvalue weighted by molar-refractivity contribution is 5.30. The SMILES string of the molecule is CC1(C)NCc2cccnc21. The molecule has 0 aromatic carbocycles. The Bertz CT molecular complexity index is 279. The van der Waals surface area contributed by atoms with Gasteiger partial charge in [0, 0.05) is 12.7 Å². The van der Waals surface area contributed by atoms with Gasteiger partial charge in [0.05, 0.1) is 11.2 Å². The van der Waals surface area contributed by atoms with Gasteiger partial charge >= 0.3 is 0 Å².